The van der Waals surface area contributed by atoms with Crippen LogP contribution in [-0.2, 0) is 16.7 Å². The monoisotopic (exact) mass is 342 g/mol. The number of benzene rings is 1. The van der Waals surface area contributed by atoms with Crippen LogP contribution in [-0.4, -0.2) is 30.7 Å². The number of carbonyl (C=O) groups excluding carboxylic acids is 1. The maximum atomic E-state index is 12.5. The van der Waals surface area contributed by atoms with Gasteiger partial charge in [-0.2, -0.15) is 0 Å². The minimum Gasteiger partial charge on any atom is -0.383 e. The van der Waals surface area contributed by atoms with Crippen LogP contribution in [0, 0.1) is 6.92 Å². The first kappa shape index (κ1) is 18.9. The van der Waals surface area contributed by atoms with Gasteiger partial charge in [-0.3, -0.25) is 9.59 Å². The average molecular weight is 342 g/mol. The van der Waals surface area contributed by atoms with E-state index in [9.17, 15) is 9.59 Å². The number of pyridine rings is 1. The molecule has 0 bridgehead atoms. The molecular weight excluding hydrogens is 316 g/mol. The van der Waals surface area contributed by atoms with Crippen molar-refractivity contribution in [3.05, 3.63) is 69.6 Å². The van der Waals surface area contributed by atoms with Gasteiger partial charge in [0.15, 0.2) is 0 Å². The minimum atomic E-state index is -0.188. The first-order chi connectivity index (χ1) is 11.8. The number of hydrogen-bond acceptors (Lipinski definition) is 3. The second-order valence-electron chi connectivity index (χ2n) is 6.88. The third-order valence-electron chi connectivity index (χ3n) is 4.27. The number of carbonyl (C=O) groups is 1. The molecule has 0 saturated carbocycles. The summed E-state index contributed by atoms with van der Waals surface area (Å²) in [6.07, 6.45) is 1.58. The van der Waals surface area contributed by atoms with Crippen LogP contribution in [0.25, 0.3) is 0 Å². The zero-order valence-electron chi connectivity index (χ0n) is 15.3. The summed E-state index contributed by atoms with van der Waals surface area (Å²) in [6, 6.07) is 11.3. The van der Waals surface area contributed by atoms with Gasteiger partial charge in [0.25, 0.3) is 11.5 Å². The first-order valence-corrected chi connectivity index (χ1v) is 8.38. The van der Waals surface area contributed by atoms with E-state index in [1.54, 1.807) is 19.4 Å². The van der Waals surface area contributed by atoms with Crippen molar-refractivity contribution in [3.63, 3.8) is 0 Å². The number of hydrogen-bond donors (Lipinski definition) is 1. The van der Waals surface area contributed by atoms with Crippen molar-refractivity contribution in [2.24, 2.45) is 0 Å². The fraction of sp³-hybridized carbons (Fsp3) is 0.400. The summed E-state index contributed by atoms with van der Waals surface area (Å²) in [5.41, 5.74) is 2.51. The van der Waals surface area contributed by atoms with E-state index in [4.69, 9.17) is 4.74 Å². The number of ether oxygens (including phenoxy) is 1. The maximum absolute atomic E-state index is 12.5. The van der Waals surface area contributed by atoms with Gasteiger partial charge in [-0.25, -0.2) is 0 Å². The van der Waals surface area contributed by atoms with Crippen LogP contribution in [0.15, 0.2) is 47.4 Å². The van der Waals surface area contributed by atoms with Gasteiger partial charge in [-0.15, -0.1) is 0 Å². The Morgan fingerprint density at radius 2 is 2.00 bits per heavy atom. The Morgan fingerprint density at radius 3 is 2.68 bits per heavy atom. The van der Waals surface area contributed by atoms with Crippen LogP contribution in [0.4, 0.5) is 0 Å². The molecule has 2 rings (SSSR count). The smallest absolute Gasteiger partial charge is 0.252 e. The quantitative estimate of drug-likeness (QED) is 0.841. The Labute approximate surface area is 148 Å². The van der Waals surface area contributed by atoms with E-state index < -0.39 is 0 Å². The lowest BCUT2D eigenvalue weighted by molar-refractivity contribution is 0.0944. The number of amides is 1. The fourth-order valence-corrected chi connectivity index (χ4v) is 2.60. The molecule has 0 unspecified atom stereocenters. The average Bonchev–Trinajstić information content (AvgIpc) is 2.59. The summed E-state index contributed by atoms with van der Waals surface area (Å²) in [5.74, 6) is -0.188. The minimum absolute atomic E-state index is 0.145. The molecule has 0 radical (unpaired) electrons. The second-order valence-corrected chi connectivity index (χ2v) is 6.88. The number of rotatable bonds is 7. The van der Waals surface area contributed by atoms with E-state index in [1.807, 2.05) is 6.07 Å². The van der Waals surface area contributed by atoms with E-state index >= 15 is 0 Å². The van der Waals surface area contributed by atoms with E-state index in [-0.39, 0.29) is 16.9 Å². The highest BCUT2D eigenvalue weighted by Crippen LogP contribution is 2.23. The Kier molecular flexibility index (Phi) is 6.15. The zero-order valence-corrected chi connectivity index (χ0v) is 15.3. The van der Waals surface area contributed by atoms with Gasteiger partial charge < -0.3 is 14.6 Å². The summed E-state index contributed by atoms with van der Waals surface area (Å²) in [6.45, 7) is 7.60. The number of aromatic nitrogens is 1. The topological polar surface area (TPSA) is 60.3 Å². The third-order valence-corrected chi connectivity index (χ3v) is 4.27. The molecule has 1 heterocycles. The number of aryl methyl sites for hydroxylation is 1. The van der Waals surface area contributed by atoms with E-state index in [0.717, 1.165) is 0 Å². The SMILES string of the molecule is COCCn1cc(C(=O)NCC(C)(C)c2cccc(C)c2)ccc1=O. The molecule has 5 nitrogen and oxygen atoms in total. The van der Waals surface area contributed by atoms with Gasteiger partial charge in [-0.05, 0) is 18.6 Å². The Hall–Kier alpha value is -2.40. The molecule has 2 aromatic rings. The van der Waals surface area contributed by atoms with E-state index in [0.29, 0.717) is 25.3 Å². The van der Waals surface area contributed by atoms with Gasteiger partial charge in [0.1, 0.15) is 0 Å². The number of methoxy groups -OCH3 is 1. The molecule has 1 aromatic carbocycles. The predicted molar refractivity (Wildman–Crippen MR) is 99.1 cm³/mol. The second kappa shape index (κ2) is 8.12. The van der Waals surface area contributed by atoms with Crippen LogP contribution in [0.1, 0.15) is 35.3 Å². The van der Waals surface area contributed by atoms with Crippen molar-refractivity contribution in [1.29, 1.82) is 0 Å². The highest BCUT2D eigenvalue weighted by molar-refractivity contribution is 5.93. The molecule has 0 fully saturated rings. The molecule has 0 saturated heterocycles. The van der Waals surface area contributed by atoms with Crippen molar-refractivity contribution in [3.8, 4) is 0 Å². The van der Waals surface area contributed by atoms with Gasteiger partial charge >= 0.3 is 0 Å². The van der Waals surface area contributed by atoms with Crippen molar-refractivity contribution in [1.82, 2.24) is 9.88 Å². The number of nitrogens with zero attached hydrogens (tertiary/aromatic N) is 1. The Balaban J connectivity index is 2.08. The molecule has 0 spiro atoms. The summed E-state index contributed by atoms with van der Waals surface area (Å²) in [7, 11) is 1.58. The standard InChI is InChI=1S/C20H26N2O3/c1-15-6-5-7-17(12-15)20(2,3)14-21-19(24)16-8-9-18(23)22(13-16)10-11-25-4/h5-9,12-13H,10-11,14H2,1-4H3,(H,21,24). The van der Waals surface area contributed by atoms with Gasteiger partial charge in [-0.1, -0.05) is 43.7 Å². The largest absolute Gasteiger partial charge is 0.383 e. The molecule has 1 aromatic heterocycles. The molecule has 1 N–H and O–H groups in total. The van der Waals surface area contributed by atoms with Crippen molar-refractivity contribution in [2.45, 2.75) is 32.7 Å². The van der Waals surface area contributed by atoms with Crippen molar-refractivity contribution >= 4 is 5.91 Å². The Bertz CT molecular complexity index is 794. The van der Waals surface area contributed by atoms with Gasteiger partial charge in [0.2, 0.25) is 0 Å². The van der Waals surface area contributed by atoms with Crippen molar-refractivity contribution < 1.29 is 9.53 Å². The molecule has 0 aliphatic heterocycles. The summed E-state index contributed by atoms with van der Waals surface area (Å²) in [5, 5.41) is 2.97. The van der Waals surface area contributed by atoms with E-state index in [2.05, 4.69) is 44.3 Å². The summed E-state index contributed by atoms with van der Waals surface area (Å²) in [4.78, 5) is 24.3. The summed E-state index contributed by atoms with van der Waals surface area (Å²) >= 11 is 0. The molecule has 1 amide bonds. The predicted octanol–water partition coefficient (Wildman–Crippen LogP) is 2.51. The highest BCUT2D eigenvalue weighted by atomic mass is 16.5. The number of nitrogens with one attached hydrogen (secondary N) is 1. The zero-order chi connectivity index (χ0) is 18.4. The molecule has 5 heteroatoms. The van der Waals surface area contributed by atoms with Crippen LogP contribution in [0.3, 0.4) is 0 Å². The van der Waals surface area contributed by atoms with Crippen LogP contribution in [0.2, 0.25) is 0 Å². The lowest BCUT2D eigenvalue weighted by atomic mass is 9.84. The molecule has 0 aliphatic carbocycles. The van der Waals surface area contributed by atoms with Crippen LogP contribution in [0.5, 0.6) is 0 Å². The lowest BCUT2D eigenvalue weighted by Gasteiger charge is -2.26. The molecule has 25 heavy (non-hydrogen) atoms. The normalized spacial score (nSPS) is 11.4. The first-order valence-electron chi connectivity index (χ1n) is 8.38. The van der Waals surface area contributed by atoms with E-state index in [1.165, 1.54) is 21.8 Å². The fourth-order valence-electron chi connectivity index (χ4n) is 2.60. The summed E-state index contributed by atoms with van der Waals surface area (Å²) < 4.78 is 6.48. The van der Waals surface area contributed by atoms with Crippen LogP contribution < -0.4 is 10.9 Å². The molecular formula is C20H26N2O3. The van der Waals surface area contributed by atoms with Crippen molar-refractivity contribution in [2.75, 3.05) is 20.3 Å². The molecule has 0 atom stereocenters. The Morgan fingerprint density at radius 1 is 1.24 bits per heavy atom. The lowest BCUT2D eigenvalue weighted by Crippen LogP contribution is -2.37. The highest BCUT2D eigenvalue weighted by Gasteiger charge is 2.22. The molecule has 0 aliphatic rings. The third kappa shape index (κ3) is 5.03. The maximum Gasteiger partial charge on any atom is 0.252 e. The van der Waals surface area contributed by atoms with Gasteiger partial charge in [0, 0.05) is 37.9 Å². The van der Waals surface area contributed by atoms with Gasteiger partial charge in [0.05, 0.1) is 12.2 Å². The van der Waals surface area contributed by atoms with Crippen LogP contribution >= 0.6 is 0 Å². The molecule has 134 valence electrons.